The van der Waals surface area contributed by atoms with Crippen molar-refractivity contribution in [2.45, 2.75) is 13.3 Å². The summed E-state index contributed by atoms with van der Waals surface area (Å²) in [7, 11) is 0. The van der Waals surface area contributed by atoms with Gasteiger partial charge in [-0.1, -0.05) is 11.6 Å². The summed E-state index contributed by atoms with van der Waals surface area (Å²) in [4.78, 5) is 15.6. The third kappa shape index (κ3) is 3.91. The summed E-state index contributed by atoms with van der Waals surface area (Å²) in [6, 6.07) is 4.31. The fourth-order valence-electron chi connectivity index (χ4n) is 1.50. The van der Waals surface area contributed by atoms with Gasteiger partial charge in [0.25, 0.3) is 0 Å². The molecule has 0 saturated heterocycles. The Kier molecular flexibility index (Phi) is 4.92. The molecule has 2 rings (SSSR count). The number of esters is 1. The zero-order chi connectivity index (χ0) is 14.5. The Balaban J connectivity index is 2.02. The van der Waals surface area contributed by atoms with Crippen molar-refractivity contribution in [2.75, 3.05) is 11.9 Å². The highest BCUT2D eigenvalue weighted by Crippen LogP contribution is 2.25. The molecule has 0 amide bonds. The molecule has 0 aliphatic carbocycles. The van der Waals surface area contributed by atoms with Crippen molar-refractivity contribution < 1.29 is 13.9 Å². The summed E-state index contributed by atoms with van der Waals surface area (Å²) in [5.41, 5.74) is 1.26. The van der Waals surface area contributed by atoms with Gasteiger partial charge in [0.05, 0.1) is 23.7 Å². The van der Waals surface area contributed by atoms with E-state index < -0.39 is 5.82 Å². The van der Waals surface area contributed by atoms with Gasteiger partial charge in [0.2, 0.25) is 0 Å². The Labute approximate surface area is 124 Å². The molecule has 1 N–H and O–H groups in total. The molecule has 0 bridgehead atoms. The van der Waals surface area contributed by atoms with Crippen LogP contribution in [-0.2, 0) is 16.0 Å². The molecular weight excluding hydrogens is 303 g/mol. The number of hydrogen-bond donors (Lipinski definition) is 1. The molecule has 1 heterocycles. The molecule has 0 spiro atoms. The van der Waals surface area contributed by atoms with E-state index in [1.165, 1.54) is 23.5 Å². The van der Waals surface area contributed by atoms with Crippen LogP contribution in [0.1, 0.15) is 12.6 Å². The van der Waals surface area contributed by atoms with Crippen LogP contribution in [0.3, 0.4) is 0 Å². The van der Waals surface area contributed by atoms with Gasteiger partial charge in [0.15, 0.2) is 5.13 Å². The van der Waals surface area contributed by atoms with E-state index in [0.717, 1.165) is 0 Å². The number of carbonyl (C=O) groups is 1. The maximum Gasteiger partial charge on any atom is 0.311 e. The van der Waals surface area contributed by atoms with Crippen LogP contribution < -0.4 is 5.32 Å². The third-order valence-electron chi connectivity index (χ3n) is 2.35. The maximum absolute atomic E-state index is 13.0. The first kappa shape index (κ1) is 14.7. The molecule has 7 heteroatoms. The summed E-state index contributed by atoms with van der Waals surface area (Å²) in [5, 5.41) is 5.41. The van der Waals surface area contributed by atoms with E-state index in [2.05, 4.69) is 10.3 Å². The number of benzene rings is 1. The molecule has 106 valence electrons. The summed E-state index contributed by atoms with van der Waals surface area (Å²) < 4.78 is 17.9. The summed E-state index contributed by atoms with van der Waals surface area (Å²) >= 11 is 7.04. The van der Waals surface area contributed by atoms with Crippen LogP contribution in [0.2, 0.25) is 5.02 Å². The molecular formula is C13H12ClFN2O2S. The van der Waals surface area contributed by atoms with Gasteiger partial charge in [-0.05, 0) is 25.1 Å². The molecule has 1 aromatic heterocycles. The van der Waals surface area contributed by atoms with Crippen LogP contribution in [0.5, 0.6) is 0 Å². The minimum atomic E-state index is -0.473. The minimum Gasteiger partial charge on any atom is -0.466 e. The fourth-order valence-corrected chi connectivity index (χ4v) is 2.41. The fraction of sp³-hybridized carbons (Fsp3) is 0.231. The lowest BCUT2D eigenvalue weighted by atomic mass is 10.3. The Morgan fingerprint density at radius 3 is 3.05 bits per heavy atom. The molecule has 0 saturated carbocycles. The predicted octanol–water partition coefficient (Wildman–Crippen LogP) is 3.78. The van der Waals surface area contributed by atoms with Crippen LogP contribution >= 0.6 is 22.9 Å². The van der Waals surface area contributed by atoms with Crippen molar-refractivity contribution in [1.29, 1.82) is 0 Å². The van der Waals surface area contributed by atoms with Gasteiger partial charge in [-0.15, -0.1) is 11.3 Å². The van der Waals surface area contributed by atoms with Crippen molar-refractivity contribution in [1.82, 2.24) is 4.98 Å². The van der Waals surface area contributed by atoms with Gasteiger partial charge < -0.3 is 10.1 Å². The number of anilines is 2. The summed E-state index contributed by atoms with van der Waals surface area (Å²) in [6.07, 6.45) is 0.135. The van der Waals surface area contributed by atoms with Gasteiger partial charge in [0, 0.05) is 11.1 Å². The van der Waals surface area contributed by atoms with Crippen molar-refractivity contribution in [3.05, 3.63) is 40.1 Å². The number of hydrogen-bond acceptors (Lipinski definition) is 5. The van der Waals surface area contributed by atoms with Crippen LogP contribution in [0.25, 0.3) is 0 Å². The van der Waals surface area contributed by atoms with Crippen molar-refractivity contribution in [3.8, 4) is 0 Å². The average Bonchev–Trinajstić information content (AvgIpc) is 2.81. The second-order valence-corrected chi connectivity index (χ2v) is 5.14. The van der Waals surface area contributed by atoms with E-state index in [0.29, 0.717) is 23.1 Å². The molecule has 2 aromatic rings. The Hall–Kier alpha value is -1.66. The van der Waals surface area contributed by atoms with E-state index in [-0.39, 0.29) is 17.4 Å². The molecule has 0 atom stereocenters. The SMILES string of the molecule is CCOC(=O)Cc1csc(Nc2ccc(F)c(Cl)c2)n1. The van der Waals surface area contributed by atoms with Crippen molar-refractivity contribution in [2.24, 2.45) is 0 Å². The highest BCUT2D eigenvalue weighted by molar-refractivity contribution is 7.13. The lowest BCUT2D eigenvalue weighted by Crippen LogP contribution is -2.07. The molecule has 1 aromatic carbocycles. The first-order valence-corrected chi connectivity index (χ1v) is 7.16. The number of rotatable bonds is 5. The third-order valence-corrected chi connectivity index (χ3v) is 3.45. The van der Waals surface area contributed by atoms with Crippen LogP contribution in [0.4, 0.5) is 15.2 Å². The molecule has 0 radical (unpaired) electrons. The zero-order valence-electron chi connectivity index (χ0n) is 10.7. The first-order valence-electron chi connectivity index (χ1n) is 5.90. The van der Waals surface area contributed by atoms with Crippen LogP contribution in [-0.4, -0.2) is 17.6 Å². The second kappa shape index (κ2) is 6.67. The largest absolute Gasteiger partial charge is 0.466 e. The second-order valence-electron chi connectivity index (χ2n) is 3.88. The normalized spacial score (nSPS) is 10.3. The molecule has 0 fully saturated rings. The zero-order valence-corrected chi connectivity index (χ0v) is 12.2. The topological polar surface area (TPSA) is 51.2 Å². The maximum atomic E-state index is 13.0. The van der Waals surface area contributed by atoms with E-state index in [4.69, 9.17) is 16.3 Å². The summed E-state index contributed by atoms with van der Waals surface area (Å²) in [5.74, 6) is -0.784. The number of carbonyl (C=O) groups excluding carboxylic acids is 1. The highest BCUT2D eigenvalue weighted by atomic mass is 35.5. The van der Waals surface area contributed by atoms with E-state index >= 15 is 0 Å². The molecule has 4 nitrogen and oxygen atoms in total. The number of nitrogens with one attached hydrogen (secondary N) is 1. The Morgan fingerprint density at radius 1 is 1.55 bits per heavy atom. The van der Waals surface area contributed by atoms with Gasteiger partial charge in [-0.3, -0.25) is 4.79 Å². The minimum absolute atomic E-state index is 0.0401. The molecule has 0 aliphatic rings. The molecule has 0 unspecified atom stereocenters. The highest BCUT2D eigenvalue weighted by Gasteiger charge is 2.09. The number of nitrogens with zero attached hydrogens (tertiary/aromatic N) is 1. The lowest BCUT2D eigenvalue weighted by Gasteiger charge is -2.03. The van der Waals surface area contributed by atoms with Gasteiger partial charge in [-0.2, -0.15) is 0 Å². The standard InChI is InChI=1S/C13H12ClFN2O2S/c1-2-19-12(18)6-9-7-20-13(17-9)16-8-3-4-11(15)10(14)5-8/h3-5,7H,2,6H2,1H3,(H,16,17). The summed E-state index contributed by atoms with van der Waals surface area (Å²) in [6.45, 7) is 2.10. The molecule has 0 aliphatic heterocycles. The van der Waals surface area contributed by atoms with E-state index in [1.807, 2.05) is 0 Å². The Morgan fingerprint density at radius 2 is 2.35 bits per heavy atom. The van der Waals surface area contributed by atoms with E-state index in [1.54, 1.807) is 18.4 Å². The van der Waals surface area contributed by atoms with Crippen LogP contribution in [0.15, 0.2) is 23.6 Å². The Bertz CT molecular complexity index is 618. The van der Waals surface area contributed by atoms with Crippen molar-refractivity contribution in [3.63, 3.8) is 0 Å². The monoisotopic (exact) mass is 314 g/mol. The number of ether oxygens (including phenoxy) is 1. The smallest absolute Gasteiger partial charge is 0.311 e. The number of thiazole rings is 1. The number of halogens is 2. The quantitative estimate of drug-likeness (QED) is 0.853. The number of aromatic nitrogens is 1. The lowest BCUT2D eigenvalue weighted by molar-refractivity contribution is -0.142. The van der Waals surface area contributed by atoms with E-state index in [9.17, 15) is 9.18 Å². The van der Waals surface area contributed by atoms with Gasteiger partial charge in [-0.25, -0.2) is 9.37 Å². The van der Waals surface area contributed by atoms with Crippen LogP contribution in [0, 0.1) is 5.82 Å². The molecule has 20 heavy (non-hydrogen) atoms. The predicted molar refractivity (Wildman–Crippen MR) is 77.1 cm³/mol. The average molecular weight is 315 g/mol. The van der Waals surface area contributed by atoms with Crippen molar-refractivity contribution >= 4 is 39.7 Å². The first-order chi connectivity index (χ1) is 9.58. The van der Waals surface area contributed by atoms with Gasteiger partial charge in [0.1, 0.15) is 5.82 Å². The van der Waals surface area contributed by atoms with Gasteiger partial charge >= 0.3 is 5.97 Å².